The maximum atomic E-state index is 13.4. The van der Waals surface area contributed by atoms with E-state index in [9.17, 15) is 9.18 Å². The minimum atomic E-state index is -0.403. The van der Waals surface area contributed by atoms with E-state index in [2.05, 4.69) is 15.5 Å². The molecule has 3 fully saturated rings. The van der Waals surface area contributed by atoms with Gasteiger partial charge in [-0.25, -0.2) is 4.39 Å². The van der Waals surface area contributed by atoms with Gasteiger partial charge in [0, 0.05) is 19.0 Å². The molecule has 0 radical (unpaired) electrons. The van der Waals surface area contributed by atoms with Crippen molar-refractivity contribution in [2.75, 3.05) is 18.4 Å². The largest absolute Gasteiger partial charge is 0.408 e. The molecule has 1 N–H and O–H groups in total. The van der Waals surface area contributed by atoms with Gasteiger partial charge in [-0.05, 0) is 68.1 Å². The van der Waals surface area contributed by atoms with E-state index in [4.69, 9.17) is 4.42 Å². The molecule has 1 aromatic carbocycles. The molecule has 3 atom stereocenters. The molecule has 28 heavy (non-hydrogen) atoms. The SMILES string of the molecule is C[C@@H](Nc1nnc(C2CC2c2cccc(F)c2)o1)C(=O)N1CCC2(CC1)CC2. The zero-order valence-electron chi connectivity index (χ0n) is 16.0. The molecule has 5 rings (SSSR count). The highest BCUT2D eigenvalue weighted by molar-refractivity contribution is 5.83. The summed E-state index contributed by atoms with van der Waals surface area (Å²) < 4.78 is 19.2. The van der Waals surface area contributed by atoms with Crippen molar-refractivity contribution >= 4 is 11.9 Å². The van der Waals surface area contributed by atoms with Crippen molar-refractivity contribution in [3.05, 3.63) is 41.5 Å². The summed E-state index contributed by atoms with van der Waals surface area (Å²) in [5.41, 5.74) is 1.51. The van der Waals surface area contributed by atoms with Gasteiger partial charge >= 0.3 is 6.01 Å². The zero-order chi connectivity index (χ0) is 19.3. The van der Waals surface area contributed by atoms with Gasteiger partial charge in [-0.15, -0.1) is 5.10 Å². The number of rotatable bonds is 5. The van der Waals surface area contributed by atoms with Crippen molar-refractivity contribution in [1.82, 2.24) is 15.1 Å². The molecule has 1 amide bonds. The lowest BCUT2D eigenvalue weighted by atomic mass is 9.93. The molecule has 7 heteroatoms. The average molecular weight is 384 g/mol. The molecule has 2 saturated carbocycles. The number of nitrogens with one attached hydrogen (secondary N) is 1. The normalized spacial score (nSPS) is 26.1. The number of benzene rings is 1. The second-order valence-electron chi connectivity index (χ2n) is 8.64. The summed E-state index contributed by atoms with van der Waals surface area (Å²) in [6, 6.07) is 6.52. The maximum Gasteiger partial charge on any atom is 0.316 e. The van der Waals surface area contributed by atoms with Gasteiger partial charge in [-0.2, -0.15) is 0 Å². The highest BCUT2D eigenvalue weighted by Crippen LogP contribution is 2.54. The first-order valence-corrected chi connectivity index (χ1v) is 10.2. The average Bonchev–Trinajstić information content (AvgIpc) is 3.61. The van der Waals surface area contributed by atoms with Crippen molar-refractivity contribution in [2.45, 2.75) is 56.9 Å². The number of carbonyl (C=O) groups is 1. The Bertz CT molecular complexity index is 884. The predicted molar refractivity (Wildman–Crippen MR) is 101 cm³/mol. The number of carbonyl (C=O) groups excluding carboxylic acids is 1. The van der Waals surface area contributed by atoms with Crippen molar-refractivity contribution in [3.8, 4) is 0 Å². The van der Waals surface area contributed by atoms with Crippen LogP contribution in [0.15, 0.2) is 28.7 Å². The smallest absolute Gasteiger partial charge is 0.316 e. The molecule has 0 bridgehead atoms. The first kappa shape index (κ1) is 17.6. The van der Waals surface area contributed by atoms with Crippen LogP contribution >= 0.6 is 0 Å². The van der Waals surface area contributed by atoms with Crippen LogP contribution in [-0.2, 0) is 4.79 Å². The predicted octanol–water partition coefficient (Wildman–Crippen LogP) is 3.68. The molecule has 2 unspecified atom stereocenters. The Morgan fingerprint density at radius 3 is 2.75 bits per heavy atom. The first-order valence-electron chi connectivity index (χ1n) is 10.2. The maximum absolute atomic E-state index is 13.4. The molecule has 1 aliphatic heterocycles. The van der Waals surface area contributed by atoms with E-state index < -0.39 is 6.04 Å². The van der Waals surface area contributed by atoms with Crippen molar-refractivity contribution in [1.29, 1.82) is 0 Å². The molecule has 1 saturated heterocycles. The summed E-state index contributed by atoms with van der Waals surface area (Å²) >= 11 is 0. The third-order valence-electron chi connectivity index (χ3n) is 6.63. The third kappa shape index (κ3) is 3.38. The number of aromatic nitrogens is 2. The highest BCUT2D eigenvalue weighted by atomic mass is 19.1. The molecular weight excluding hydrogens is 359 g/mol. The van der Waals surface area contributed by atoms with Gasteiger partial charge in [0.2, 0.25) is 11.8 Å². The first-order chi connectivity index (χ1) is 13.5. The van der Waals surface area contributed by atoms with Crippen LogP contribution in [0.25, 0.3) is 0 Å². The van der Waals surface area contributed by atoms with Gasteiger partial charge < -0.3 is 14.6 Å². The number of hydrogen-bond donors (Lipinski definition) is 1. The number of nitrogens with zero attached hydrogens (tertiary/aromatic N) is 3. The van der Waals surface area contributed by atoms with Gasteiger partial charge in [0.1, 0.15) is 11.9 Å². The second-order valence-corrected chi connectivity index (χ2v) is 8.64. The Hall–Kier alpha value is -2.44. The Balaban J connectivity index is 1.17. The lowest BCUT2D eigenvalue weighted by Gasteiger charge is -2.33. The number of hydrogen-bond acceptors (Lipinski definition) is 5. The zero-order valence-corrected chi connectivity index (χ0v) is 16.0. The van der Waals surface area contributed by atoms with Crippen LogP contribution in [-0.4, -0.2) is 40.1 Å². The Labute approximate surface area is 163 Å². The summed E-state index contributed by atoms with van der Waals surface area (Å²) in [7, 11) is 0. The summed E-state index contributed by atoms with van der Waals surface area (Å²) in [4.78, 5) is 14.6. The monoisotopic (exact) mass is 384 g/mol. The Morgan fingerprint density at radius 2 is 2.04 bits per heavy atom. The summed E-state index contributed by atoms with van der Waals surface area (Å²) in [5, 5.41) is 11.2. The van der Waals surface area contributed by atoms with E-state index in [1.54, 1.807) is 12.1 Å². The lowest BCUT2D eigenvalue weighted by Crippen LogP contribution is -2.45. The van der Waals surface area contributed by atoms with E-state index >= 15 is 0 Å². The van der Waals surface area contributed by atoms with Crippen LogP contribution in [0.1, 0.15) is 62.3 Å². The molecule has 2 heterocycles. The number of anilines is 1. The van der Waals surface area contributed by atoms with Crippen LogP contribution in [0.2, 0.25) is 0 Å². The molecule has 2 aliphatic carbocycles. The van der Waals surface area contributed by atoms with Crippen molar-refractivity contribution in [3.63, 3.8) is 0 Å². The number of likely N-dealkylation sites (tertiary alicyclic amines) is 1. The summed E-state index contributed by atoms with van der Waals surface area (Å²) in [5.74, 6) is 0.733. The van der Waals surface area contributed by atoms with Crippen molar-refractivity contribution in [2.24, 2.45) is 5.41 Å². The van der Waals surface area contributed by atoms with Crippen LogP contribution in [0, 0.1) is 11.2 Å². The molecule has 1 aromatic heterocycles. The fourth-order valence-corrected chi connectivity index (χ4v) is 4.42. The van der Waals surface area contributed by atoms with Gasteiger partial charge in [0.25, 0.3) is 0 Å². The molecule has 1 spiro atoms. The van der Waals surface area contributed by atoms with E-state index in [1.165, 1.54) is 18.9 Å². The number of halogens is 1. The van der Waals surface area contributed by atoms with E-state index in [1.807, 2.05) is 17.9 Å². The molecule has 2 aromatic rings. The van der Waals surface area contributed by atoms with E-state index in [-0.39, 0.29) is 29.6 Å². The van der Waals surface area contributed by atoms with Gasteiger partial charge in [-0.1, -0.05) is 17.2 Å². The molecule has 6 nitrogen and oxygen atoms in total. The standard InChI is InChI=1S/C21H25FN4O2/c1-13(19(27)26-9-7-21(5-6-21)8-10-26)23-20-25-24-18(28-20)17-12-16(17)14-3-2-4-15(22)11-14/h2-4,11,13,16-17H,5-10,12H2,1H3,(H,23,25)/t13-,16?,17?/m1/s1. The topological polar surface area (TPSA) is 71.3 Å². The van der Waals surface area contributed by atoms with Crippen LogP contribution < -0.4 is 5.32 Å². The van der Waals surface area contributed by atoms with E-state index in [0.717, 1.165) is 37.9 Å². The van der Waals surface area contributed by atoms with Crippen LogP contribution in [0.4, 0.5) is 10.4 Å². The lowest BCUT2D eigenvalue weighted by molar-refractivity contribution is -0.133. The summed E-state index contributed by atoms with van der Waals surface area (Å²) in [6.07, 6.45) is 5.77. The molecule has 3 aliphatic rings. The second kappa shape index (κ2) is 6.57. The van der Waals surface area contributed by atoms with Gasteiger partial charge in [0.15, 0.2) is 0 Å². The Morgan fingerprint density at radius 1 is 1.25 bits per heavy atom. The van der Waals surface area contributed by atoms with Crippen LogP contribution in [0.3, 0.4) is 0 Å². The minimum absolute atomic E-state index is 0.0827. The number of amides is 1. The summed E-state index contributed by atoms with van der Waals surface area (Å²) in [6.45, 7) is 3.52. The quantitative estimate of drug-likeness (QED) is 0.851. The van der Waals surface area contributed by atoms with Crippen molar-refractivity contribution < 1.29 is 13.6 Å². The fourth-order valence-electron chi connectivity index (χ4n) is 4.42. The number of piperidine rings is 1. The molecular formula is C21H25FN4O2. The van der Waals surface area contributed by atoms with E-state index in [0.29, 0.717) is 11.3 Å². The van der Waals surface area contributed by atoms with Gasteiger partial charge in [0.05, 0.1) is 0 Å². The minimum Gasteiger partial charge on any atom is -0.408 e. The fraction of sp³-hybridized carbons (Fsp3) is 0.571. The highest BCUT2D eigenvalue weighted by Gasteiger charge is 2.46. The Kier molecular flexibility index (Phi) is 4.14. The van der Waals surface area contributed by atoms with Gasteiger partial charge in [-0.3, -0.25) is 4.79 Å². The molecule has 148 valence electrons. The van der Waals surface area contributed by atoms with Crippen LogP contribution in [0.5, 0.6) is 0 Å². The third-order valence-corrected chi connectivity index (χ3v) is 6.63.